The van der Waals surface area contributed by atoms with Crippen molar-refractivity contribution in [2.75, 3.05) is 20.8 Å². The molecule has 2 amide bonds. The molecule has 0 radical (unpaired) electrons. The summed E-state index contributed by atoms with van der Waals surface area (Å²) >= 11 is 0. The molecule has 1 aromatic carbocycles. The lowest BCUT2D eigenvalue weighted by Crippen LogP contribution is -2.39. The fraction of sp³-hybridized carbons (Fsp3) is 0.389. The van der Waals surface area contributed by atoms with Crippen molar-refractivity contribution in [3.05, 3.63) is 47.9 Å². The van der Waals surface area contributed by atoms with Gasteiger partial charge in [0.05, 0.1) is 33.1 Å². The highest BCUT2D eigenvalue weighted by Crippen LogP contribution is 2.36. The Labute approximate surface area is 141 Å². The van der Waals surface area contributed by atoms with Gasteiger partial charge in [-0.3, -0.25) is 0 Å². The van der Waals surface area contributed by atoms with Crippen molar-refractivity contribution in [2.24, 2.45) is 0 Å². The van der Waals surface area contributed by atoms with Crippen LogP contribution in [0.5, 0.6) is 11.5 Å². The van der Waals surface area contributed by atoms with Crippen molar-refractivity contribution < 1.29 is 18.7 Å². The summed E-state index contributed by atoms with van der Waals surface area (Å²) in [5.41, 5.74) is 1.05. The maximum absolute atomic E-state index is 12.5. The number of likely N-dealkylation sites (tertiary alicyclic amines) is 1. The summed E-state index contributed by atoms with van der Waals surface area (Å²) in [6.07, 6.45) is 3.51. The predicted molar refractivity (Wildman–Crippen MR) is 89.2 cm³/mol. The number of nitrogens with one attached hydrogen (secondary N) is 1. The number of carbonyl (C=O) groups excluding carboxylic acids is 1. The minimum absolute atomic E-state index is 0.0430. The minimum Gasteiger partial charge on any atom is -0.493 e. The third-order valence-electron chi connectivity index (χ3n) is 4.30. The standard InChI is InChI=1S/C18H22N2O4/c1-22-16-8-7-13(11-17(16)23-2)15-6-3-9-20(15)18(21)19-12-14-5-4-10-24-14/h4-5,7-8,10-11,15H,3,6,9,12H2,1-2H3,(H,19,21)/t15-/m1/s1. The third-order valence-corrected chi connectivity index (χ3v) is 4.30. The molecule has 1 atom stereocenters. The quantitative estimate of drug-likeness (QED) is 0.913. The van der Waals surface area contributed by atoms with Crippen LogP contribution < -0.4 is 14.8 Å². The first-order chi connectivity index (χ1) is 11.7. The number of furan rings is 1. The predicted octanol–water partition coefficient (Wildman–Crippen LogP) is 3.34. The summed E-state index contributed by atoms with van der Waals surface area (Å²) < 4.78 is 15.9. The van der Waals surface area contributed by atoms with Crippen molar-refractivity contribution in [3.8, 4) is 11.5 Å². The fourth-order valence-corrected chi connectivity index (χ4v) is 3.09. The van der Waals surface area contributed by atoms with Crippen molar-refractivity contribution in [1.82, 2.24) is 10.2 Å². The number of carbonyl (C=O) groups is 1. The molecule has 1 aromatic heterocycles. The molecular weight excluding hydrogens is 308 g/mol. The summed E-state index contributed by atoms with van der Waals surface area (Å²) in [5.74, 6) is 2.11. The van der Waals surface area contributed by atoms with Crippen LogP contribution in [0.4, 0.5) is 4.79 Å². The largest absolute Gasteiger partial charge is 0.493 e. The van der Waals surface area contributed by atoms with Crippen LogP contribution in [-0.4, -0.2) is 31.7 Å². The number of nitrogens with zero attached hydrogens (tertiary/aromatic N) is 1. The van der Waals surface area contributed by atoms with Gasteiger partial charge in [-0.25, -0.2) is 4.79 Å². The Hall–Kier alpha value is -2.63. The molecule has 6 heteroatoms. The lowest BCUT2D eigenvalue weighted by molar-refractivity contribution is 0.191. The second-order valence-electron chi connectivity index (χ2n) is 5.70. The van der Waals surface area contributed by atoms with Gasteiger partial charge in [0, 0.05) is 6.54 Å². The van der Waals surface area contributed by atoms with Crippen molar-refractivity contribution >= 4 is 6.03 Å². The summed E-state index contributed by atoms with van der Waals surface area (Å²) in [7, 11) is 3.23. The Balaban J connectivity index is 1.71. The summed E-state index contributed by atoms with van der Waals surface area (Å²) in [6, 6.07) is 9.43. The van der Waals surface area contributed by atoms with E-state index in [2.05, 4.69) is 5.32 Å². The number of benzene rings is 1. The topological polar surface area (TPSA) is 63.9 Å². The van der Waals surface area contributed by atoms with E-state index >= 15 is 0 Å². The Kier molecular flexibility index (Phi) is 4.93. The molecule has 0 unspecified atom stereocenters. The number of hydrogen-bond donors (Lipinski definition) is 1. The van der Waals surface area contributed by atoms with Gasteiger partial charge in [0.2, 0.25) is 0 Å². The summed E-state index contributed by atoms with van der Waals surface area (Å²) in [5, 5.41) is 2.92. The van der Waals surface area contributed by atoms with E-state index in [1.54, 1.807) is 20.5 Å². The van der Waals surface area contributed by atoms with Gasteiger partial charge in [0.1, 0.15) is 5.76 Å². The average Bonchev–Trinajstić information content (AvgIpc) is 3.30. The summed E-state index contributed by atoms with van der Waals surface area (Å²) in [6.45, 7) is 1.13. The van der Waals surface area contributed by atoms with E-state index in [1.165, 1.54) is 0 Å². The zero-order chi connectivity index (χ0) is 16.9. The number of methoxy groups -OCH3 is 2. The third kappa shape index (κ3) is 3.32. The molecule has 24 heavy (non-hydrogen) atoms. The van der Waals surface area contributed by atoms with E-state index in [-0.39, 0.29) is 12.1 Å². The highest BCUT2D eigenvalue weighted by atomic mass is 16.5. The molecule has 6 nitrogen and oxygen atoms in total. The molecule has 0 bridgehead atoms. The highest BCUT2D eigenvalue weighted by Gasteiger charge is 2.30. The molecule has 1 N–H and O–H groups in total. The summed E-state index contributed by atoms with van der Waals surface area (Å²) in [4.78, 5) is 14.4. The lowest BCUT2D eigenvalue weighted by Gasteiger charge is -2.25. The van der Waals surface area contributed by atoms with Crippen LogP contribution in [0.15, 0.2) is 41.0 Å². The first kappa shape index (κ1) is 16.2. The lowest BCUT2D eigenvalue weighted by atomic mass is 10.0. The van der Waals surface area contributed by atoms with Gasteiger partial charge in [0.25, 0.3) is 0 Å². The molecule has 0 saturated carbocycles. The zero-order valence-corrected chi connectivity index (χ0v) is 14.0. The van der Waals surface area contributed by atoms with E-state index in [9.17, 15) is 4.79 Å². The van der Waals surface area contributed by atoms with Gasteiger partial charge in [-0.15, -0.1) is 0 Å². The maximum atomic E-state index is 12.5. The van der Waals surface area contributed by atoms with E-state index in [4.69, 9.17) is 13.9 Å². The van der Waals surface area contributed by atoms with Gasteiger partial charge in [0.15, 0.2) is 11.5 Å². The minimum atomic E-state index is -0.0799. The molecule has 1 saturated heterocycles. The van der Waals surface area contributed by atoms with Crippen LogP contribution in [0.3, 0.4) is 0 Å². The average molecular weight is 330 g/mol. The Bertz CT molecular complexity index is 684. The number of ether oxygens (including phenoxy) is 2. The Morgan fingerprint density at radius 3 is 2.83 bits per heavy atom. The molecule has 3 rings (SSSR count). The van der Waals surface area contributed by atoms with Gasteiger partial charge in [-0.2, -0.15) is 0 Å². The number of rotatable bonds is 5. The maximum Gasteiger partial charge on any atom is 0.318 e. The normalized spacial score (nSPS) is 16.9. The molecule has 128 valence electrons. The smallest absolute Gasteiger partial charge is 0.318 e. The van der Waals surface area contributed by atoms with E-state index in [0.717, 1.165) is 30.7 Å². The number of hydrogen-bond acceptors (Lipinski definition) is 4. The Morgan fingerprint density at radius 2 is 2.12 bits per heavy atom. The van der Waals surface area contributed by atoms with Crippen molar-refractivity contribution in [2.45, 2.75) is 25.4 Å². The van der Waals surface area contributed by atoms with Crippen LogP contribution >= 0.6 is 0 Å². The second-order valence-corrected chi connectivity index (χ2v) is 5.70. The SMILES string of the molecule is COc1ccc([C@H]2CCCN2C(=O)NCc2ccco2)cc1OC. The Morgan fingerprint density at radius 1 is 1.29 bits per heavy atom. The number of urea groups is 1. The van der Waals surface area contributed by atoms with E-state index < -0.39 is 0 Å². The van der Waals surface area contributed by atoms with Crippen molar-refractivity contribution in [1.29, 1.82) is 0 Å². The van der Waals surface area contributed by atoms with Crippen LogP contribution in [0.2, 0.25) is 0 Å². The van der Waals surface area contributed by atoms with Gasteiger partial charge in [-0.05, 0) is 42.7 Å². The van der Waals surface area contributed by atoms with Gasteiger partial charge in [-0.1, -0.05) is 6.07 Å². The molecule has 1 fully saturated rings. The van der Waals surface area contributed by atoms with Crippen LogP contribution in [-0.2, 0) is 6.54 Å². The highest BCUT2D eigenvalue weighted by molar-refractivity contribution is 5.75. The van der Waals surface area contributed by atoms with Gasteiger partial charge < -0.3 is 24.1 Å². The monoisotopic (exact) mass is 330 g/mol. The molecule has 0 spiro atoms. The first-order valence-electron chi connectivity index (χ1n) is 8.01. The zero-order valence-electron chi connectivity index (χ0n) is 14.0. The molecule has 2 heterocycles. The van der Waals surface area contributed by atoms with E-state index in [1.807, 2.05) is 35.2 Å². The fourth-order valence-electron chi connectivity index (χ4n) is 3.09. The number of amides is 2. The molecule has 1 aliphatic rings. The van der Waals surface area contributed by atoms with Crippen LogP contribution in [0.25, 0.3) is 0 Å². The van der Waals surface area contributed by atoms with Crippen LogP contribution in [0, 0.1) is 0 Å². The second kappa shape index (κ2) is 7.29. The molecule has 1 aliphatic heterocycles. The van der Waals surface area contributed by atoms with Crippen molar-refractivity contribution in [3.63, 3.8) is 0 Å². The van der Waals surface area contributed by atoms with E-state index in [0.29, 0.717) is 18.0 Å². The molecular formula is C18H22N2O4. The van der Waals surface area contributed by atoms with Crippen LogP contribution in [0.1, 0.15) is 30.2 Å². The van der Waals surface area contributed by atoms with Gasteiger partial charge >= 0.3 is 6.03 Å². The first-order valence-corrected chi connectivity index (χ1v) is 8.01. The molecule has 2 aromatic rings. The molecule has 0 aliphatic carbocycles.